The molecule has 3 heterocycles. The van der Waals surface area contributed by atoms with Crippen LogP contribution in [0.3, 0.4) is 0 Å². The molecule has 0 aliphatic rings. The molecule has 1 aromatic carbocycles. The molecule has 0 saturated heterocycles. The number of hydrogen-bond acceptors (Lipinski definition) is 7. The van der Waals surface area contributed by atoms with Crippen molar-refractivity contribution in [2.45, 2.75) is 6.92 Å². The zero-order valence-corrected chi connectivity index (χ0v) is 12.6. The molecule has 0 bridgehead atoms. The number of anilines is 1. The predicted octanol–water partition coefficient (Wildman–Crippen LogP) is 2.87. The summed E-state index contributed by atoms with van der Waals surface area (Å²) < 4.78 is 6.02. The molecule has 2 N–H and O–H groups in total. The fraction of sp³-hybridized carbons (Fsp3) is 0.0769. The largest absolute Gasteiger partial charge is 0.389 e. The summed E-state index contributed by atoms with van der Waals surface area (Å²) in [4.78, 5) is 0.744. The molecule has 0 aliphatic carbocycles. The Balaban J connectivity index is 1.91. The molecule has 4 rings (SSSR count). The molecule has 6 nitrogen and oxygen atoms in total. The number of nitrogen functional groups attached to an aromatic ring is 1. The van der Waals surface area contributed by atoms with Gasteiger partial charge in [0, 0.05) is 5.56 Å². The van der Waals surface area contributed by atoms with Gasteiger partial charge in [-0.05, 0) is 18.5 Å². The van der Waals surface area contributed by atoms with Crippen molar-refractivity contribution in [3.63, 3.8) is 0 Å². The molecular formula is C13H10N6S2. The highest BCUT2D eigenvalue weighted by molar-refractivity contribution is 7.20. The summed E-state index contributed by atoms with van der Waals surface area (Å²) in [6.45, 7) is 1.93. The zero-order chi connectivity index (χ0) is 14.4. The average molecular weight is 314 g/mol. The van der Waals surface area contributed by atoms with Crippen molar-refractivity contribution in [1.29, 1.82) is 0 Å². The van der Waals surface area contributed by atoms with Gasteiger partial charge >= 0.3 is 0 Å². The minimum absolute atomic E-state index is 0.679. The number of benzene rings is 1. The Bertz CT molecular complexity index is 901. The predicted molar refractivity (Wildman–Crippen MR) is 84.4 cm³/mol. The summed E-state index contributed by atoms with van der Waals surface area (Å²) in [5, 5.41) is 14.5. The van der Waals surface area contributed by atoms with Crippen molar-refractivity contribution in [3.8, 4) is 22.0 Å². The second-order valence-electron chi connectivity index (χ2n) is 4.50. The first-order valence-electron chi connectivity index (χ1n) is 6.24. The summed E-state index contributed by atoms with van der Waals surface area (Å²) in [6, 6.07) is 9.88. The van der Waals surface area contributed by atoms with E-state index in [0.29, 0.717) is 5.00 Å². The number of hydrogen-bond donors (Lipinski definition) is 1. The van der Waals surface area contributed by atoms with Gasteiger partial charge in [0.25, 0.3) is 0 Å². The van der Waals surface area contributed by atoms with Gasteiger partial charge in [-0.1, -0.05) is 41.7 Å². The van der Waals surface area contributed by atoms with E-state index in [2.05, 4.69) is 19.7 Å². The summed E-state index contributed by atoms with van der Waals surface area (Å²) in [5.74, 6) is 0.729. The fourth-order valence-corrected chi connectivity index (χ4v) is 3.81. The highest BCUT2D eigenvalue weighted by Gasteiger charge is 2.18. The van der Waals surface area contributed by atoms with Gasteiger partial charge in [0.05, 0.1) is 11.3 Å². The Morgan fingerprint density at radius 1 is 1.14 bits per heavy atom. The van der Waals surface area contributed by atoms with Crippen LogP contribution in [0.2, 0.25) is 0 Å². The first-order valence-corrected chi connectivity index (χ1v) is 7.83. The molecule has 0 radical (unpaired) electrons. The third kappa shape index (κ3) is 1.91. The number of nitrogens with two attached hydrogens (primary N) is 1. The van der Waals surface area contributed by atoms with Crippen LogP contribution in [0.1, 0.15) is 5.69 Å². The average Bonchev–Trinajstić information content (AvgIpc) is 3.14. The number of aromatic nitrogens is 5. The first kappa shape index (κ1) is 12.4. The molecule has 0 fully saturated rings. The molecule has 8 heteroatoms. The van der Waals surface area contributed by atoms with Crippen LogP contribution in [0, 0.1) is 6.92 Å². The fourth-order valence-electron chi connectivity index (χ4n) is 2.13. The molecule has 104 valence electrons. The second kappa shape index (κ2) is 4.61. The molecule has 0 spiro atoms. The maximum atomic E-state index is 5.99. The Morgan fingerprint density at radius 3 is 2.67 bits per heavy atom. The Morgan fingerprint density at radius 2 is 1.95 bits per heavy atom. The number of rotatable bonds is 2. The summed E-state index contributed by atoms with van der Waals surface area (Å²) >= 11 is 2.75. The van der Waals surface area contributed by atoms with Gasteiger partial charge in [-0.2, -0.15) is 14.0 Å². The van der Waals surface area contributed by atoms with Crippen LogP contribution in [0.25, 0.3) is 26.9 Å². The van der Waals surface area contributed by atoms with Gasteiger partial charge in [0.1, 0.15) is 5.00 Å². The summed E-state index contributed by atoms with van der Waals surface area (Å²) in [5.41, 5.74) is 8.76. The molecule has 0 atom stereocenters. The maximum Gasteiger partial charge on any atom is 0.235 e. The van der Waals surface area contributed by atoms with E-state index in [1.165, 1.54) is 22.9 Å². The molecule has 3 aromatic heterocycles. The second-order valence-corrected chi connectivity index (χ2v) is 6.26. The van der Waals surface area contributed by atoms with Crippen LogP contribution in [0.5, 0.6) is 0 Å². The van der Waals surface area contributed by atoms with Gasteiger partial charge in [0.15, 0.2) is 10.8 Å². The smallest absolute Gasteiger partial charge is 0.235 e. The van der Waals surface area contributed by atoms with Crippen LogP contribution in [0.4, 0.5) is 5.00 Å². The van der Waals surface area contributed by atoms with Gasteiger partial charge in [-0.15, -0.1) is 10.2 Å². The monoisotopic (exact) mass is 314 g/mol. The van der Waals surface area contributed by atoms with Crippen LogP contribution in [0.15, 0.2) is 30.3 Å². The van der Waals surface area contributed by atoms with E-state index in [0.717, 1.165) is 32.6 Å². The van der Waals surface area contributed by atoms with Crippen molar-refractivity contribution >= 4 is 32.8 Å². The molecule has 0 unspecified atom stereocenters. The summed E-state index contributed by atoms with van der Waals surface area (Å²) in [6.07, 6.45) is 0. The quantitative estimate of drug-likeness (QED) is 0.615. The molecule has 21 heavy (non-hydrogen) atoms. The van der Waals surface area contributed by atoms with Crippen LogP contribution < -0.4 is 5.73 Å². The lowest BCUT2D eigenvalue weighted by Crippen LogP contribution is -1.92. The first-order chi connectivity index (χ1) is 10.2. The van der Waals surface area contributed by atoms with Crippen molar-refractivity contribution in [3.05, 3.63) is 36.0 Å². The Hall–Kier alpha value is -2.32. The van der Waals surface area contributed by atoms with E-state index in [1.54, 1.807) is 4.52 Å². The number of nitrogens with zero attached hydrogens (tertiary/aromatic N) is 5. The van der Waals surface area contributed by atoms with Crippen molar-refractivity contribution < 1.29 is 0 Å². The lowest BCUT2D eigenvalue weighted by atomic mass is 10.2. The lowest BCUT2D eigenvalue weighted by Gasteiger charge is -1.96. The highest BCUT2D eigenvalue weighted by atomic mass is 32.1. The van der Waals surface area contributed by atoms with Gasteiger partial charge in [-0.25, -0.2) is 0 Å². The molecule has 0 saturated carbocycles. The number of fused-ring (bicyclic) bond motifs is 1. The normalized spacial score (nSPS) is 11.3. The number of aryl methyl sites for hydroxylation is 1. The van der Waals surface area contributed by atoms with Crippen LogP contribution in [-0.2, 0) is 0 Å². The van der Waals surface area contributed by atoms with Gasteiger partial charge < -0.3 is 5.73 Å². The molecular weight excluding hydrogens is 304 g/mol. The lowest BCUT2D eigenvalue weighted by molar-refractivity contribution is 0.970. The molecule has 4 aromatic rings. The minimum Gasteiger partial charge on any atom is -0.389 e. The topological polar surface area (TPSA) is 82.0 Å². The Kier molecular flexibility index (Phi) is 2.72. The van der Waals surface area contributed by atoms with E-state index in [9.17, 15) is 0 Å². The Labute approximate surface area is 128 Å². The van der Waals surface area contributed by atoms with E-state index in [4.69, 9.17) is 5.73 Å². The summed E-state index contributed by atoms with van der Waals surface area (Å²) in [7, 11) is 0. The highest BCUT2D eigenvalue weighted by Crippen LogP contribution is 2.35. The molecule has 0 aliphatic heterocycles. The third-order valence-electron chi connectivity index (χ3n) is 3.13. The standard InChI is InChI=1S/C13H10N6S2/c1-7-9(10(14)21-18-7)12-17-19-11(15-16-13(19)20-12)8-5-3-2-4-6-8/h2-6H,14H2,1H3. The SMILES string of the molecule is Cc1nsc(N)c1-c1nn2c(-c3ccccc3)nnc2s1. The van der Waals surface area contributed by atoms with Crippen molar-refractivity contribution in [2.75, 3.05) is 5.73 Å². The van der Waals surface area contributed by atoms with Crippen molar-refractivity contribution in [2.24, 2.45) is 0 Å². The molecule has 0 amide bonds. The maximum absolute atomic E-state index is 5.99. The van der Waals surface area contributed by atoms with E-state index in [-0.39, 0.29) is 0 Å². The third-order valence-corrected chi connectivity index (χ3v) is 4.81. The van der Waals surface area contributed by atoms with Gasteiger partial charge in [-0.3, -0.25) is 0 Å². The zero-order valence-electron chi connectivity index (χ0n) is 11.0. The van der Waals surface area contributed by atoms with E-state index < -0.39 is 0 Å². The van der Waals surface area contributed by atoms with E-state index in [1.807, 2.05) is 37.3 Å². The van der Waals surface area contributed by atoms with Crippen LogP contribution >= 0.6 is 22.9 Å². The van der Waals surface area contributed by atoms with Gasteiger partial charge in [0.2, 0.25) is 4.96 Å². The van der Waals surface area contributed by atoms with E-state index >= 15 is 0 Å². The van der Waals surface area contributed by atoms with Crippen LogP contribution in [-0.4, -0.2) is 24.2 Å². The minimum atomic E-state index is 0.679. The van der Waals surface area contributed by atoms with Crippen molar-refractivity contribution in [1.82, 2.24) is 24.2 Å².